The number of hydrogen-bond acceptors (Lipinski definition) is 6. The molecule has 20 heavy (non-hydrogen) atoms. The predicted molar refractivity (Wildman–Crippen MR) is 77.9 cm³/mol. The van der Waals surface area contributed by atoms with Crippen molar-refractivity contribution in [2.45, 2.75) is 4.21 Å². The first-order valence-corrected chi connectivity index (χ1v) is 8.51. The zero-order valence-corrected chi connectivity index (χ0v) is 13.0. The van der Waals surface area contributed by atoms with Gasteiger partial charge in [0.2, 0.25) is 0 Å². The summed E-state index contributed by atoms with van der Waals surface area (Å²) in [6.45, 7) is 2.14. The molecule has 1 aromatic rings. The van der Waals surface area contributed by atoms with Gasteiger partial charge in [-0.25, -0.2) is 8.42 Å². The van der Waals surface area contributed by atoms with E-state index in [1.54, 1.807) is 6.07 Å². The molecule has 1 aliphatic rings. The Bertz CT molecular complexity index is 593. The molecule has 0 spiro atoms. The van der Waals surface area contributed by atoms with Crippen molar-refractivity contribution < 1.29 is 13.6 Å². The molecule has 10 heteroatoms. The van der Waals surface area contributed by atoms with Gasteiger partial charge < -0.3 is 10.9 Å². The molecular weight excluding hydrogens is 324 g/mol. The van der Waals surface area contributed by atoms with Gasteiger partial charge in [-0.05, 0) is 12.1 Å². The number of halogens is 1. The molecule has 2 rings (SSSR count). The van der Waals surface area contributed by atoms with Crippen molar-refractivity contribution in [3.63, 3.8) is 0 Å². The number of thiophene rings is 1. The molecule has 0 amide bonds. The third-order valence-electron chi connectivity index (χ3n) is 2.99. The fourth-order valence-electron chi connectivity index (χ4n) is 1.95. The Morgan fingerprint density at radius 2 is 2.05 bits per heavy atom. The molecule has 0 atom stereocenters. The van der Waals surface area contributed by atoms with Crippen LogP contribution < -0.4 is 5.73 Å². The highest BCUT2D eigenvalue weighted by molar-refractivity contribution is 7.91. The van der Waals surface area contributed by atoms with Gasteiger partial charge in [0.05, 0.1) is 10.9 Å². The van der Waals surface area contributed by atoms with Crippen molar-refractivity contribution in [2.24, 2.45) is 10.9 Å². The minimum absolute atomic E-state index is 0.117. The van der Waals surface area contributed by atoms with Gasteiger partial charge in [0.15, 0.2) is 5.84 Å². The summed E-state index contributed by atoms with van der Waals surface area (Å²) in [6, 6.07) is 3.10. The molecule has 2 heterocycles. The molecule has 1 saturated heterocycles. The zero-order valence-electron chi connectivity index (χ0n) is 10.6. The van der Waals surface area contributed by atoms with E-state index in [0.29, 0.717) is 37.1 Å². The Morgan fingerprint density at radius 1 is 1.40 bits per heavy atom. The van der Waals surface area contributed by atoms with Crippen LogP contribution in [0.15, 0.2) is 21.5 Å². The van der Waals surface area contributed by atoms with Gasteiger partial charge in [-0.2, -0.15) is 4.31 Å². The number of piperazine rings is 1. The second-order valence-electron chi connectivity index (χ2n) is 4.33. The summed E-state index contributed by atoms with van der Waals surface area (Å²) in [6.07, 6.45) is 0. The molecule has 1 aliphatic heterocycles. The van der Waals surface area contributed by atoms with E-state index < -0.39 is 10.0 Å². The van der Waals surface area contributed by atoms with E-state index in [4.69, 9.17) is 22.5 Å². The summed E-state index contributed by atoms with van der Waals surface area (Å²) in [7, 11) is -3.47. The summed E-state index contributed by atoms with van der Waals surface area (Å²) < 4.78 is 26.9. The predicted octanol–water partition coefficient (Wildman–Crippen LogP) is 0.454. The fraction of sp³-hybridized carbons (Fsp3) is 0.500. The van der Waals surface area contributed by atoms with Gasteiger partial charge in [0.25, 0.3) is 10.0 Å². The van der Waals surface area contributed by atoms with Crippen molar-refractivity contribution in [2.75, 3.05) is 32.7 Å². The minimum Gasteiger partial charge on any atom is -0.409 e. The highest BCUT2D eigenvalue weighted by Gasteiger charge is 2.29. The summed E-state index contributed by atoms with van der Waals surface area (Å²) in [4.78, 5) is 1.93. The van der Waals surface area contributed by atoms with E-state index in [2.05, 4.69) is 5.16 Å². The van der Waals surface area contributed by atoms with Crippen LogP contribution in [0.4, 0.5) is 0 Å². The topological polar surface area (TPSA) is 99.2 Å². The average molecular weight is 339 g/mol. The Hall–Kier alpha value is -0.870. The van der Waals surface area contributed by atoms with E-state index in [-0.39, 0.29) is 10.0 Å². The van der Waals surface area contributed by atoms with E-state index >= 15 is 0 Å². The van der Waals surface area contributed by atoms with Gasteiger partial charge >= 0.3 is 0 Å². The molecule has 0 radical (unpaired) electrons. The SMILES string of the molecule is NC(CN1CCN(S(=O)(=O)c2ccc(Cl)s2)CC1)=NO. The number of rotatable bonds is 4. The number of hydrogen-bond donors (Lipinski definition) is 2. The van der Waals surface area contributed by atoms with Crippen LogP contribution in [0.5, 0.6) is 0 Å². The van der Waals surface area contributed by atoms with E-state index in [0.717, 1.165) is 11.3 Å². The molecule has 0 aromatic carbocycles. The lowest BCUT2D eigenvalue weighted by Crippen LogP contribution is -2.50. The lowest BCUT2D eigenvalue weighted by atomic mass is 10.3. The molecule has 112 valence electrons. The number of nitrogens with zero attached hydrogens (tertiary/aromatic N) is 3. The smallest absolute Gasteiger partial charge is 0.252 e. The van der Waals surface area contributed by atoms with Crippen molar-refractivity contribution >= 4 is 38.8 Å². The number of nitrogens with two attached hydrogens (primary N) is 1. The molecule has 1 aromatic heterocycles. The summed E-state index contributed by atoms with van der Waals surface area (Å²) in [5.41, 5.74) is 5.43. The molecule has 1 fully saturated rings. The minimum atomic E-state index is -3.47. The second kappa shape index (κ2) is 6.27. The van der Waals surface area contributed by atoms with Crippen LogP contribution in [-0.2, 0) is 10.0 Å². The Morgan fingerprint density at radius 3 is 2.55 bits per heavy atom. The third kappa shape index (κ3) is 3.41. The van der Waals surface area contributed by atoms with Crippen LogP contribution in [0.1, 0.15) is 0 Å². The zero-order chi connectivity index (χ0) is 14.8. The van der Waals surface area contributed by atoms with Crippen LogP contribution in [-0.4, -0.2) is 61.4 Å². The average Bonchev–Trinajstić information content (AvgIpc) is 2.86. The van der Waals surface area contributed by atoms with Crippen LogP contribution in [0.3, 0.4) is 0 Å². The Kier molecular flexibility index (Phi) is 4.86. The molecule has 0 saturated carbocycles. The van der Waals surface area contributed by atoms with Crippen molar-refractivity contribution in [1.29, 1.82) is 0 Å². The molecule has 0 bridgehead atoms. The quantitative estimate of drug-likeness (QED) is 0.359. The first-order chi connectivity index (χ1) is 9.43. The lowest BCUT2D eigenvalue weighted by Gasteiger charge is -2.33. The molecular formula is C10H15ClN4O3S2. The van der Waals surface area contributed by atoms with E-state index in [1.165, 1.54) is 10.4 Å². The third-order valence-corrected chi connectivity index (χ3v) is 6.59. The fourth-order valence-corrected chi connectivity index (χ4v) is 5.01. The normalized spacial score (nSPS) is 19.4. The Labute approximate surface area is 126 Å². The van der Waals surface area contributed by atoms with Gasteiger partial charge in [-0.1, -0.05) is 16.8 Å². The van der Waals surface area contributed by atoms with E-state index in [1.807, 2.05) is 4.90 Å². The summed E-state index contributed by atoms with van der Waals surface area (Å²) in [5.74, 6) is 0.117. The Balaban J connectivity index is 2.00. The largest absolute Gasteiger partial charge is 0.409 e. The molecule has 3 N–H and O–H groups in total. The maximum absolute atomic E-state index is 12.4. The van der Waals surface area contributed by atoms with Gasteiger partial charge in [-0.3, -0.25) is 4.90 Å². The van der Waals surface area contributed by atoms with Crippen LogP contribution in [0, 0.1) is 0 Å². The van der Waals surface area contributed by atoms with Crippen molar-refractivity contribution in [3.8, 4) is 0 Å². The van der Waals surface area contributed by atoms with E-state index in [9.17, 15) is 8.42 Å². The van der Waals surface area contributed by atoms with Crippen LogP contribution in [0.25, 0.3) is 0 Å². The van der Waals surface area contributed by atoms with Crippen LogP contribution >= 0.6 is 22.9 Å². The molecule has 0 unspecified atom stereocenters. The van der Waals surface area contributed by atoms with Gasteiger partial charge in [-0.15, -0.1) is 11.3 Å². The maximum atomic E-state index is 12.4. The summed E-state index contributed by atoms with van der Waals surface area (Å²) in [5, 5.41) is 11.4. The first-order valence-electron chi connectivity index (χ1n) is 5.87. The highest BCUT2D eigenvalue weighted by atomic mass is 35.5. The second-order valence-corrected chi connectivity index (χ2v) is 8.21. The first kappa shape index (κ1) is 15.5. The van der Waals surface area contributed by atoms with Gasteiger partial charge in [0, 0.05) is 26.2 Å². The number of sulfonamides is 1. The highest BCUT2D eigenvalue weighted by Crippen LogP contribution is 2.28. The molecule has 0 aliphatic carbocycles. The number of oxime groups is 1. The standard InChI is InChI=1S/C10H15ClN4O3S2/c11-8-1-2-10(19-8)20(17,18)15-5-3-14(4-6-15)7-9(12)13-16/h1-2,16H,3-7H2,(H2,12,13). The monoisotopic (exact) mass is 338 g/mol. The van der Waals surface area contributed by atoms with Gasteiger partial charge in [0.1, 0.15) is 4.21 Å². The molecule has 7 nitrogen and oxygen atoms in total. The van der Waals surface area contributed by atoms with Crippen LogP contribution in [0.2, 0.25) is 4.34 Å². The van der Waals surface area contributed by atoms with Crippen molar-refractivity contribution in [1.82, 2.24) is 9.21 Å². The number of amidine groups is 1. The van der Waals surface area contributed by atoms with Crippen molar-refractivity contribution in [3.05, 3.63) is 16.5 Å². The summed E-state index contributed by atoms with van der Waals surface area (Å²) >= 11 is 6.83. The maximum Gasteiger partial charge on any atom is 0.252 e. The lowest BCUT2D eigenvalue weighted by molar-refractivity contribution is 0.206.